The van der Waals surface area contributed by atoms with Crippen LogP contribution in [-0.2, 0) is 0 Å². The molecule has 0 unspecified atom stereocenters. The lowest BCUT2D eigenvalue weighted by atomic mass is 10.2. The molecule has 66 valence electrons. The zero-order chi connectivity index (χ0) is 9.42. The fourth-order valence-electron chi connectivity index (χ4n) is 1.16. The fraction of sp³-hybridized carbons (Fsp3) is 0. The molecule has 0 atom stereocenters. The third-order valence-electron chi connectivity index (χ3n) is 1.79. The van der Waals surface area contributed by atoms with Gasteiger partial charge in [-0.15, -0.1) is 0 Å². The molecule has 2 rings (SSSR count). The van der Waals surface area contributed by atoms with Crippen molar-refractivity contribution in [3.8, 4) is 0 Å². The molecule has 1 aromatic heterocycles. The third kappa shape index (κ3) is 1.49. The predicted octanol–water partition coefficient (Wildman–Crippen LogP) is 2.94. The summed E-state index contributed by atoms with van der Waals surface area (Å²) in [5.41, 5.74) is 0.524. The van der Waals surface area contributed by atoms with Crippen molar-refractivity contribution in [1.82, 2.24) is 4.98 Å². The Morgan fingerprint density at radius 3 is 2.69 bits per heavy atom. The van der Waals surface area contributed by atoms with Gasteiger partial charge in [0.15, 0.2) is 0 Å². The first-order valence-electron chi connectivity index (χ1n) is 3.65. The first kappa shape index (κ1) is 8.78. The average Bonchev–Trinajstić information content (AvgIpc) is 2.12. The number of halogens is 2. The number of hydrogen-bond donors (Lipinski definition) is 1. The largest absolute Gasteiger partial charge is 0.321 e. The van der Waals surface area contributed by atoms with Crippen molar-refractivity contribution in [3.63, 3.8) is 0 Å². The zero-order valence-corrected chi connectivity index (χ0v) is 8.82. The molecule has 0 fully saturated rings. The fourth-order valence-corrected chi connectivity index (χ4v) is 1.71. The molecule has 0 spiro atoms. The normalized spacial score (nSPS) is 10.6. The summed E-state index contributed by atoms with van der Waals surface area (Å²) in [6.45, 7) is 0. The van der Waals surface area contributed by atoms with Gasteiger partial charge in [-0.3, -0.25) is 4.79 Å². The molecule has 0 amide bonds. The highest BCUT2D eigenvalue weighted by molar-refractivity contribution is 9.10. The number of benzene rings is 1. The summed E-state index contributed by atoms with van der Waals surface area (Å²) in [5.74, 6) is 0. The van der Waals surface area contributed by atoms with E-state index in [1.165, 1.54) is 6.07 Å². The Labute approximate surface area is 87.7 Å². The molecule has 0 aliphatic rings. The van der Waals surface area contributed by atoms with Crippen LogP contribution >= 0.6 is 27.5 Å². The van der Waals surface area contributed by atoms with Crippen molar-refractivity contribution in [2.75, 3.05) is 0 Å². The van der Waals surface area contributed by atoms with Crippen LogP contribution < -0.4 is 5.56 Å². The second kappa shape index (κ2) is 3.16. The van der Waals surface area contributed by atoms with E-state index in [1.54, 1.807) is 6.07 Å². The van der Waals surface area contributed by atoms with Crippen LogP contribution in [0.3, 0.4) is 0 Å². The van der Waals surface area contributed by atoms with E-state index < -0.39 is 0 Å². The van der Waals surface area contributed by atoms with Crippen LogP contribution in [0.5, 0.6) is 0 Å². The molecule has 13 heavy (non-hydrogen) atoms. The number of nitrogens with one attached hydrogen (secondary N) is 1. The molecular formula is C9H5BrClNO. The lowest BCUT2D eigenvalue weighted by Crippen LogP contribution is -2.02. The summed E-state index contributed by atoms with van der Waals surface area (Å²) in [5, 5.41) is 1.46. The van der Waals surface area contributed by atoms with Crippen LogP contribution in [0.4, 0.5) is 0 Å². The number of H-pyrrole nitrogens is 1. The maximum Gasteiger partial charge on any atom is 0.248 e. The van der Waals surface area contributed by atoms with E-state index in [0.29, 0.717) is 10.5 Å². The molecule has 0 aliphatic heterocycles. The molecule has 1 N–H and O–H groups in total. The number of fused-ring (bicyclic) bond motifs is 1. The van der Waals surface area contributed by atoms with E-state index in [2.05, 4.69) is 20.9 Å². The molecular weight excluding hydrogens is 253 g/mol. The molecule has 0 radical (unpaired) electrons. The number of aromatic nitrogens is 1. The third-order valence-corrected chi connectivity index (χ3v) is 3.07. The van der Waals surface area contributed by atoms with Gasteiger partial charge < -0.3 is 4.98 Å². The quantitative estimate of drug-likeness (QED) is 0.774. The van der Waals surface area contributed by atoms with E-state index in [4.69, 9.17) is 11.6 Å². The summed E-state index contributed by atoms with van der Waals surface area (Å²) in [4.78, 5) is 13.7. The SMILES string of the molecule is O=c1ccc2ccc(Br)c(Cl)c2[nH]1. The Kier molecular flexibility index (Phi) is 2.14. The minimum atomic E-state index is -0.146. The summed E-state index contributed by atoms with van der Waals surface area (Å²) in [6, 6.07) is 6.96. The Morgan fingerprint density at radius 2 is 1.92 bits per heavy atom. The van der Waals surface area contributed by atoms with Gasteiger partial charge >= 0.3 is 0 Å². The molecule has 0 aliphatic carbocycles. The Balaban J connectivity index is 2.97. The summed E-state index contributed by atoms with van der Waals surface area (Å²) in [6.07, 6.45) is 0. The Bertz CT molecular complexity index is 520. The monoisotopic (exact) mass is 257 g/mol. The van der Waals surface area contributed by atoms with E-state index in [9.17, 15) is 4.79 Å². The van der Waals surface area contributed by atoms with Gasteiger partial charge in [-0.1, -0.05) is 17.7 Å². The van der Waals surface area contributed by atoms with Gasteiger partial charge in [-0.25, -0.2) is 0 Å². The number of rotatable bonds is 0. The van der Waals surface area contributed by atoms with Crippen molar-refractivity contribution in [3.05, 3.63) is 44.1 Å². The first-order chi connectivity index (χ1) is 6.18. The highest BCUT2D eigenvalue weighted by atomic mass is 79.9. The van der Waals surface area contributed by atoms with Gasteiger partial charge in [0.1, 0.15) is 0 Å². The van der Waals surface area contributed by atoms with Gasteiger partial charge in [0, 0.05) is 10.5 Å². The Hall–Kier alpha value is -0.800. The number of aromatic amines is 1. The molecule has 1 aromatic carbocycles. The van der Waals surface area contributed by atoms with Crippen LogP contribution in [0.1, 0.15) is 0 Å². The molecule has 0 saturated carbocycles. The predicted molar refractivity (Wildman–Crippen MR) is 57.3 cm³/mol. The average molecular weight is 259 g/mol. The maximum absolute atomic E-state index is 11.0. The second-order valence-electron chi connectivity index (χ2n) is 2.65. The van der Waals surface area contributed by atoms with Gasteiger partial charge in [-0.2, -0.15) is 0 Å². The van der Waals surface area contributed by atoms with Gasteiger partial charge in [0.05, 0.1) is 10.5 Å². The highest BCUT2D eigenvalue weighted by Gasteiger charge is 2.02. The van der Waals surface area contributed by atoms with Crippen molar-refractivity contribution < 1.29 is 0 Å². The maximum atomic E-state index is 11.0. The van der Waals surface area contributed by atoms with E-state index in [1.807, 2.05) is 12.1 Å². The molecule has 0 saturated heterocycles. The van der Waals surface area contributed by atoms with Crippen LogP contribution in [0.15, 0.2) is 33.5 Å². The topological polar surface area (TPSA) is 32.9 Å². The van der Waals surface area contributed by atoms with E-state index >= 15 is 0 Å². The van der Waals surface area contributed by atoms with Crippen molar-refractivity contribution in [2.24, 2.45) is 0 Å². The summed E-state index contributed by atoms with van der Waals surface area (Å²) in [7, 11) is 0. The van der Waals surface area contributed by atoms with Gasteiger partial charge in [-0.05, 0) is 33.4 Å². The van der Waals surface area contributed by atoms with E-state index in [0.717, 1.165) is 9.86 Å². The van der Waals surface area contributed by atoms with Crippen molar-refractivity contribution >= 4 is 38.4 Å². The molecule has 0 bridgehead atoms. The highest BCUT2D eigenvalue weighted by Crippen LogP contribution is 2.28. The van der Waals surface area contributed by atoms with Crippen LogP contribution in [-0.4, -0.2) is 4.98 Å². The second-order valence-corrected chi connectivity index (χ2v) is 3.88. The molecule has 2 nitrogen and oxygen atoms in total. The minimum Gasteiger partial charge on any atom is -0.321 e. The molecule has 2 aromatic rings. The van der Waals surface area contributed by atoms with Crippen molar-refractivity contribution in [1.29, 1.82) is 0 Å². The van der Waals surface area contributed by atoms with Crippen LogP contribution in [0.25, 0.3) is 10.9 Å². The Morgan fingerprint density at radius 1 is 1.23 bits per heavy atom. The van der Waals surface area contributed by atoms with E-state index in [-0.39, 0.29) is 5.56 Å². The first-order valence-corrected chi connectivity index (χ1v) is 4.82. The summed E-state index contributed by atoms with van der Waals surface area (Å²) < 4.78 is 0.781. The molecule has 1 heterocycles. The minimum absolute atomic E-state index is 0.146. The van der Waals surface area contributed by atoms with Crippen molar-refractivity contribution in [2.45, 2.75) is 0 Å². The number of pyridine rings is 1. The smallest absolute Gasteiger partial charge is 0.248 e. The van der Waals surface area contributed by atoms with Crippen LogP contribution in [0, 0.1) is 0 Å². The van der Waals surface area contributed by atoms with Crippen LogP contribution in [0.2, 0.25) is 5.02 Å². The number of hydrogen-bond acceptors (Lipinski definition) is 1. The lowest BCUT2D eigenvalue weighted by molar-refractivity contribution is 1.30. The summed E-state index contributed by atoms with van der Waals surface area (Å²) >= 11 is 9.27. The lowest BCUT2D eigenvalue weighted by Gasteiger charge is -2.00. The van der Waals surface area contributed by atoms with Gasteiger partial charge in [0.25, 0.3) is 0 Å². The zero-order valence-electron chi connectivity index (χ0n) is 6.47. The standard InChI is InChI=1S/C9H5BrClNO/c10-6-3-1-5-2-4-7(13)12-9(5)8(6)11/h1-4H,(H,12,13). The molecule has 4 heteroatoms. The van der Waals surface area contributed by atoms with Gasteiger partial charge in [0.2, 0.25) is 5.56 Å².